The van der Waals surface area contributed by atoms with Crippen LogP contribution in [0.3, 0.4) is 0 Å². The molecule has 1 N–H and O–H groups in total. The molecule has 0 heterocycles. The molecule has 0 unspecified atom stereocenters. The lowest BCUT2D eigenvalue weighted by molar-refractivity contribution is -0.141. The van der Waals surface area contributed by atoms with Crippen LogP contribution in [0.15, 0.2) is 53.4 Å². The van der Waals surface area contributed by atoms with Crippen molar-refractivity contribution in [3.8, 4) is 0 Å². The van der Waals surface area contributed by atoms with E-state index in [0.717, 1.165) is 53.3 Å². The Morgan fingerprint density at radius 1 is 1.06 bits per heavy atom. The highest BCUT2D eigenvalue weighted by atomic mass is 35.5. The van der Waals surface area contributed by atoms with E-state index in [4.69, 9.17) is 11.6 Å². The summed E-state index contributed by atoms with van der Waals surface area (Å²) in [4.78, 5) is 29.1. The summed E-state index contributed by atoms with van der Waals surface area (Å²) < 4.78 is 0. The molecule has 2 aromatic rings. The van der Waals surface area contributed by atoms with Crippen molar-refractivity contribution in [2.45, 2.75) is 82.3 Å². The summed E-state index contributed by atoms with van der Waals surface area (Å²) in [7, 11) is 0. The van der Waals surface area contributed by atoms with Gasteiger partial charge in [-0.1, -0.05) is 60.7 Å². The van der Waals surface area contributed by atoms with E-state index in [1.54, 1.807) is 16.7 Å². The van der Waals surface area contributed by atoms with E-state index in [1.165, 1.54) is 12.0 Å². The van der Waals surface area contributed by atoms with Gasteiger partial charge in [0.1, 0.15) is 6.04 Å². The first-order valence-corrected chi connectivity index (χ1v) is 13.3. The molecular weight excluding hydrogens is 452 g/mol. The lowest BCUT2D eigenvalue weighted by Crippen LogP contribution is -2.50. The first-order valence-electron chi connectivity index (χ1n) is 12.0. The van der Waals surface area contributed by atoms with Gasteiger partial charge in [0.2, 0.25) is 11.8 Å². The molecule has 1 saturated carbocycles. The lowest BCUT2D eigenvalue weighted by atomic mass is 9.95. The predicted molar refractivity (Wildman–Crippen MR) is 138 cm³/mol. The largest absolute Gasteiger partial charge is 0.352 e. The first-order chi connectivity index (χ1) is 15.9. The Labute approximate surface area is 207 Å². The molecular formula is C27H35ClN2O2S. The number of benzene rings is 2. The normalized spacial score (nSPS) is 15.1. The van der Waals surface area contributed by atoms with Crippen molar-refractivity contribution in [1.82, 2.24) is 10.2 Å². The molecule has 1 aliphatic carbocycles. The van der Waals surface area contributed by atoms with E-state index in [1.807, 2.05) is 62.4 Å². The molecule has 33 heavy (non-hydrogen) atoms. The number of nitrogens with zero attached hydrogens (tertiary/aromatic N) is 1. The topological polar surface area (TPSA) is 49.4 Å². The second-order valence-electron chi connectivity index (χ2n) is 8.93. The van der Waals surface area contributed by atoms with Gasteiger partial charge < -0.3 is 10.2 Å². The third-order valence-corrected chi connectivity index (χ3v) is 7.56. The quantitative estimate of drug-likeness (QED) is 0.313. The number of carbonyl (C=O) groups is 2. The van der Waals surface area contributed by atoms with Crippen LogP contribution in [0.1, 0.15) is 63.0 Å². The second-order valence-corrected chi connectivity index (χ2v) is 10.5. The summed E-state index contributed by atoms with van der Waals surface area (Å²) in [6.45, 7) is 4.35. The molecule has 178 valence electrons. The number of thioether (sulfide) groups is 1. The highest BCUT2D eigenvalue weighted by molar-refractivity contribution is 7.99. The maximum absolute atomic E-state index is 13.2. The molecule has 2 aromatic carbocycles. The fraction of sp³-hybridized carbons (Fsp3) is 0.481. The molecule has 0 saturated heterocycles. The van der Waals surface area contributed by atoms with E-state index in [-0.39, 0.29) is 17.9 Å². The van der Waals surface area contributed by atoms with Gasteiger partial charge in [-0.15, -0.1) is 11.8 Å². The van der Waals surface area contributed by atoms with Crippen molar-refractivity contribution in [3.05, 3.63) is 64.7 Å². The molecule has 0 bridgehead atoms. The Bertz CT molecular complexity index is 895. The Kier molecular flexibility index (Phi) is 10.1. The van der Waals surface area contributed by atoms with Gasteiger partial charge in [-0.2, -0.15) is 0 Å². The van der Waals surface area contributed by atoms with E-state index in [2.05, 4.69) is 5.32 Å². The third kappa shape index (κ3) is 8.38. The van der Waals surface area contributed by atoms with Crippen molar-refractivity contribution >= 4 is 35.2 Å². The minimum atomic E-state index is -0.496. The Morgan fingerprint density at radius 2 is 1.73 bits per heavy atom. The van der Waals surface area contributed by atoms with Gasteiger partial charge in [0.05, 0.1) is 0 Å². The number of halogens is 1. The van der Waals surface area contributed by atoms with Gasteiger partial charge in [-0.25, -0.2) is 0 Å². The van der Waals surface area contributed by atoms with Crippen molar-refractivity contribution in [3.63, 3.8) is 0 Å². The van der Waals surface area contributed by atoms with Crippen LogP contribution in [0.2, 0.25) is 5.02 Å². The minimum Gasteiger partial charge on any atom is -0.352 e. The van der Waals surface area contributed by atoms with Crippen molar-refractivity contribution in [1.29, 1.82) is 0 Å². The molecule has 0 radical (unpaired) electrons. The van der Waals surface area contributed by atoms with E-state index in [0.29, 0.717) is 13.0 Å². The molecule has 0 aromatic heterocycles. The van der Waals surface area contributed by atoms with Crippen LogP contribution in [-0.4, -0.2) is 34.6 Å². The van der Waals surface area contributed by atoms with E-state index >= 15 is 0 Å². The second kappa shape index (κ2) is 13.0. The number of rotatable bonds is 10. The number of carbonyl (C=O) groups excluding carboxylic acids is 2. The van der Waals surface area contributed by atoms with Crippen LogP contribution in [0.4, 0.5) is 0 Å². The number of aryl methyl sites for hydroxylation is 1. The van der Waals surface area contributed by atoms with Gasteiger partial charge in [0.15, 0.2) is 0 Å². The zero-order valence-electron chi connectivity index (χ0n) is 19.7. The zero-order chi connectivity index (χ0) is 23.6. The summed E-state index contributed by atoms with van der Waals surface area (Å²) in [6.07, 6.45) is 6.82. The smallest absolute Gasteiger partial charge is 0.242 e. The highest BCUT2D eigenvalue weighted by Gasteiger charge is 2.27. The monoisotopic (exact) mass is 486 g/mol. The Balaban J connectivity index is 1.59. The number of hydrogen-bond acceptors (Lipinski definition) is 3. The number of amides is 2. The molecule has 0 aliphatic heterocycles. The summed E-state index contributed by atoms with van der Waals surface area (Å²) in [5.74, 6) is 0.825. The maximum atomic E-state index is 13.2. The van der Waals surface area contributed by atoms with Crippen molar-refractivity contribution < 1.29 is 9.59 Å². The third-order valence-electron chi connectivity index (χ3n) is 6.21. The molecule has 1 atom stereocenters. The Morgan fingerprint density at radius 3 is 2.39 bits per heavy atom. The molecule has 4 nitrogen and oxygen atoms in total. The summed E-state index contributed by atoms with van der Waals surface area (Å²) in [5.41, 5.74) is 2.22. The van der Waals surface area contributed by atoms with Crippen molar-refractivity contribution in [2.24, 2.45) is 0 Å². The number of nitrogens with one attached hydrogen (secondary N) is 1. The van der Waals surface area contributed by atoms with Crippen LogP contribution in [0, 0.1) is 6.92 Å². The minimum absolute atomic E-state index is 0.0265. The standard InChI is InChI=1S/C27H35ClN2O2S/c1-20-10-12-22(13-11-20)19-30(21(2)27(32)29-24-7-4-3-5-8-24)26(31)9-6-18-33-25-16-14-23(28)15-17-25/h10-17,21,24H,3-9,18-19H2,1-2H3,(H,29,32)/t21-/m0/s1. The molecule has 2 amide bonds. The highest BCUT2D eigenvalue weighted by Crippen LogP contribution is 2.22. The van der Waals surface area contributed by atoms with Crippen LogP contribution in [-0.2, 0) is 16.1 Å². The zero-order valence-corrected chi connectivity index (χ0v) is 21.3. The van der Waals surface area contributed by atoms with E-state index in [9.17, 15) is 9.59 Å². The van der Waals surface area contributed by atoms with Crippen LogP contribution < -0.4 is 5.32 Å². The predicted octanol–water partition coefficient (Wildman–Crippen LogP) is 6.39. The van der Waals surface area contributed by atoms with Crippen LogP contribution in [0.5, 0.6) is 0 Å². The van der Waals surface area contributed by atoms with Crippen LogP contribution >= 0.6 is 23.4 Å². The van der Waals surface area contributed by atoms with E-state index < -0.39 is 6.04 Å². The SMILES string of the molecule is Cc1ccc(CN(C(=O)CCCSc2ccc(Cl)cc2)[C@@H](C)C(=O)NC2CCCCC2)cc1. The van der Waals surface area contributed by atoms with Gasteiger partial charge >= 0.3 is 0 Å². The lowest BCUT2D eigenvalue weighted by Gasteiger charge is -2.31. The average Bonchev–Trinajstić information content (AvgIpc) is 2.82. The fourth-order valence-electron chi connectivity index (χ4n) is 4.13. The molecule has 0 spiro atoms. The van der Waals surface area contributed by atoms with Crippen molar-refractivity contribution in [2.75, 3.05) is 5.75 Å². The molecule has 3 rings (SSSR count). The summed E-state index contributed by atoms with van der Waals surface area (Å²) >= 11 is 7.67. The van der Waals surface area contributed by atoms with Gasteiger partial charge in [-0.3, -0.25) is 9.59 Å². The molecule has 6 heteroatoms. The molecule has 1 aliphatic rings. The van der Waals surface area contributed by atoms with Crippen LogP contribution in [0.25, 0.3) is 0 Å². The Hall–Kier alpha value is -1.98. The van der Waals surface area contributed by atoms with Gasteiger partial charge in [0.25, 0.3) is 0 Å². The maximum Gasteiger partial charge on any atom is 0.242 e. The summed E-state index contributed by atoms with van der Waals surface area (Å²) in [5, 5.41) is 3.92. The first kappa shape index (κ1) is 25.6. The molecule has 1 fully saturated rings. The number of hydrogen-bond donors (Lipinski definition) is 1. The summed E-state index contributed by atoms with van der Waals surface area (Å²) in [6, 6.07) is 15.7. The fourth-order valence-corrected chi connectivity index (χ4v) is 5.11. The van der Waals surface area contributed by atoms with Gasteiger partial charge in [-0.05, 0) is 68.7 Å². The average molecular weight is 487 g/mol. The van der Waals surface area contributed by atoms with Gasteiger partial charge in [0, 0.05) is 28.9 Å².